The molecule has 36 heavy (non-hydrogen) atoms. The Morgan fingerprint density at radius 1 is 0.889 bits per heavy atom. The molecule has 0 radical (unpaired) electrons. The predicted octanol–water partition coefficient (Wildman–Crippen LogP) is 4.15. The molecular formula is C30H48O6. The highest BCUT2D eigenvalue weighted by Gasteiger charge is 2.73. The summed E-state index contributed by atoms with van der Waals surface area (Å²) in [5, 5.41) is 55.9. The molecule has 4 saturated carbocycles. The number of carboxylic acids is 1. The Labute approximate surface area is 216 Å². The molecular weight excluding hydrogens is 456 g/mol. The van der Waals surface area contributed by atoms with Gasteiger partial charge in [0, 0.05) is 11.3 Å². The zero-order chi connectivity index (χ0) is 26.9. The van der Waals surface area contributed by atoms with E-state index in [1.807, 2.05) is 27.7 Å². The minimum Gasteiger partial charge on any atom is -0.481 e. The van der Waals surface area contributed by atoms with Crippen molar-refractivity contribution in [2.24, 2.45) is 50.7 Å². The highest BCUT2D eigenvalue weighted by molar-refractivity contribution is 5.77. The summed E-state index contributed by atoms with van der Waals surface area (Å²) < 4.78 is 0. The average molecular weight is 505 g/mol. The third-order valence-corrected chi connectivity index (χ3v) is 13.6. The third-order valence-electron chi connectivity index (χ3n) is 13.6. The lowest BCUT2D eigenvalue weighted by Gasteiger charge is -2.72. The Kier molecular flexibility index (Phi) is 5.61. The van der Waals surface area contributed by atoms with E-state index in [0.717, 1.165) is 24.8 Å². The van der Waals surface area contributed by atoms with Crippen LogP contribution >= 0.6 is 0 Å². The number of aliphatic carboxylic acids is 1. The zero-order valence-electron chi connectivity index (χ0n) is 23.2. The van der Waals surface area contributed by atoms with Crippen LogP contribution in [-0.4, -0.2) is 55.4 Å². The molecule has 5 aliphatic carbocycles. The van der Waals surface area contributed by atoms with Crippen molar-refractivity contribution in [1.29, 1.82) is 0 Å². The largest absolute Gasteiger partial charge is 0.481 e. The van der Waals surface area contributed by atoms with Crippen molar-refractivity contribution in [1.82, 2.24) is 0 Å². The molecule has 0 amide bonds. The summed E-state index contributed by atoms with van der Waals surface area (Å²) in [6.07, 6.45) is 4.02. The van der Waals surface area contributed by atoms with Crippen LogP contribution in [0.5, 0.6) is 0 Å². The summed E-state index contributed by atoms with van der Waals surface area (Å²) in [6, 6.07) is 0. The topological polar surface area (TPSA) is 118 Å². The minimum atomic E-state index is -1.20. The van der Waals surface area contributed by atoms with Crippen LogP contribution in [0.2, 0.25) is 0 Å². The maximum atomic E-state index is 12.8. The van der Waals surface area contributed by atoms with Crippen molar-refractivity contribution in [2.75, 3.05) is 0 Å². The fourth-order valence-electron chi connectivity index (χ4n) is 10.9. The van der Waals surface area contributed by atoms with E-state index in [4.69, 9.17) is 0 Å². The Bertz CT molecular complexity index is 986. The van der Waals surface area contributed by atoms with E-state index in [2.05, 4.69) is 26.8 Å². The summed E-state index contributed by atoms with van der Waals surface area (Å²) in [6.45, 7) is 14.7. The second-order valence-electron chi connectivity index (χ2n) is 14.9. The fraction of sp³-hybridized carbons (Fsp3) is 0.900. The van der Waals surface area contributed by atoms with Crippen molar-refractivity contribution in [3.8, 4) is 0 Å². The molecule has 0 unspecified atom stereocenters. The van der Waals surface area contributed by atoms with Gasteiger partial charge in [0.2, 0.25) is 0 Å². The van der Waals surface area contributed by atoms with Crippen LogP contribution < -0.4 is 0 Å². The van der Waals surface area contributed by atoms with Gasteiger partial charge in [-0.1, -0.05) is 53.2 Å². The number of rotatable bonds is 1. The van der Waals surface area contributed by atoms with E-state index in [-0.39, 0.29) is 28.6 Å². The number of hydrogen-bond donors (Lipinski definition) is 5. The molecule has 0 aliphatic heterocycles. The summed E-state index contributed by atoms with van der Waals surface area (Å²) in [5.74, 6) is -1.10. The van der Waals surface area contributed by atoms with Crippen molar-refractivity contribution < 1.29 is 30.3 Å². The highest BCUT2D eigenvalue weighted by atomic mass is 16.4. The SMILES string of the molecule is C[C@@H]1CC[C@]2(C(=O)O)CC[C@]3(C)C(=CC[C@@H]4[C@@]5(C)[C@H](O)[C@H](O)[C@@H](O)C(C)(C)[C@H]5CC[C@]43C)[C@H]2[C@]1(C)O. The second kappa shape index (κ2) is 7.58. The molecule has 6 nitrogen and oxygen atoms in total. The molecule has 0 bridgehead atoms. The Morgan fingerprint density at radius 3 is 2.14 bits per heavy atom. The van der Waals surface area contributed by atoms with Crippen LogP contribution in [-0.2, 0) is 4.79 Å². The second-order valence-corrected chi connectivity index (χ2v) is 14.9. The molecule has 0 aromatic carbocycles. The first-order valence-electron chi connectivity index (χ1n) is 14.1. The van der Waals surface area contributed by atoms with Gasteiger partial charge in [-0.2, -0.15) is 0 Å². The van der Waals surface area contributed by atoms with Gasteiger partial charge >= 0.3 is 5.97 Å². The highest BCUT2D eigenvalue weighted by Crippen LogP contribution is 2.76. The molecule has 5 rings (SSSR count). The van der Waals surface area contributed by atoms with Crippen LogP contribution in [0, 0.1) is 50.7 Å². The average Bonchev–Trinajstić information content (AvgIpc) is 2.79. The fourth-order valence-corrected chi connectivity index (χ4v) is 10.9. The third kappa shape index (κ3) is 2.80. The van der Waals surface area contributed by atoms with E-state index in [1.165, 1.54) is 0 Å². The lowest BCUT2D eigenvalue weighted by Crippen LogP contribution is -2.72. The zero-order valence-corrected chi connectivity index (χ0v) is 23.2. The van der Waals surface area contributed by atoms with Crippen LogP contribution in [0.4, 0.5) is 0 Å². The smallest absolute Gasteiger partial charge is 0.310 e. The van der Waals surface area contributed by atoms with Crippen LogP contribution in [0.15, 0.2) is 11.6 Å². The molecule has 5 N–H and O–H groups in total. The number of aliphatic hydroxyl groups excluding tert-OH is 3. The van der Waals surface area contributed by atoms with Gasteiger partial charge in [0.1, 0.15) is 6.10 Å². The Morgan fingerprint density at radius 2 is 1.53 bits per heavy atom. The van der Waals surface area contributed by atoms with Gasteiger partial charge in [0.15, 0.2) is 0 Å². The van der Waals surface area contributed by atoms with Crippen molar-refractivity contribution in [3.05, 3.63) is 11.6 Å². The van der Waals surface area contributed by atoms with Crippen molar-refractivity contribution >= 4 is 5.97 Å². The first-order chi connectivity index (χ1) is 16.4. The van der Waals surface area contributed by atoms with Gasteiger partial charge < -0.3 is 25.5 Å². The van der Waals surface area contributed by atoms with Gasteiger partial charge in [-0.3, -0.25) is 4.79 Å². The predicted molar refractivity (Wildman–Crippen MR) is 137 cm³/mol. The number of carboxylic acid groups (broad SMARTS) is 1. The monoisotopic (exact) mass is 504 g/mol. The molecule has 4 fully saturated rings. The number of carbonyl (C=O) groups is 1. The number of hydrogen-bond acceptors (Lipinski definition) is 5. The lowest BCUT2D eigenvalue weighted by atomic mass is 9.32. The molecule has 0 saturated heterocycles. The van der Waals surface area contributed by atoms with Crippen molar-refractivity contribution in [2.45, 2.75) is 117 Å². The quantitative estimate of drug-likeness (QED) is 0.343. The van der Waals surface area contributed by atoms with Crippen LogP contribution in [0.3, 0.4) is 0 Å². The molecule has 0 spiro atoms. The maximum absolute atomic E-state index is 12.8. The Balaban J connectivity index is 1.67. The summed E-state index contributed by atoms with van der Waals surface area (Å²) in [4.78, 5) is 12.8. The van der Waals surface area contributed by atoms with E-state index >= 15 is 0 Å². The lowest BCUT2D eigenvalue weighted by molar-refractivity contribution is -0.279. The molecule has 0 heterocycles. The van der Waals surface area contributed by atoms with E-state index in [1.54, 1.807) is 0 Å². The normalized spacial score (nSPS) is 58.0. The first-order valence-corrected chi connectivity index (χ1v) is 14.1. The first kappa shape index (κ1) is 26.6. The number of fused-ring (bicyclic) bond motifs is 7. The maximum Gasteiger partial charge on any atom is 0.310 e. The summed E-state index contributed by atoms with van der Waals surface area (Å²) in [7, 11) is 0. The standard InChI is InChI=1S/C30H48O6/c1-16-10-13-30(24(34)35)15-14-26(4)17(21(30)29(16,7)36)8-9-19-27(26,5)12-11-18-25(2,3)22(32)20(31)23(33)28(18,19)6/h8,16,18-23,31-33,36H,9-15H2,1-7H3,(H,34,35)/t16-,18-,19+,20-,21+,22-,23-,26-,27-,28+,29-,30+/m1/s1. The van der Waals surface area contributed by atoms with Gasteiger partial charge in [-0.05, 0) is 85.9 Å². The van der Waals surface area contributed by atoms with Crippen molar-refractivity contribution in [3.63, 3.8) is 0 Å². The summed E-state index contributed by atoms with van der Waals surface area (Å²) in [5.41, 5.74) is -2.63. The molecule has 0 aromatic heterocycles. The number of aliphatic hydroxyl groups is 4. The van der Waals surface area contributed by atoms with E-state index in [9.17, 15) is 30.3 Å². The van der Waals surface area contributed by atoms with Gasteiger partial charge in [0.05, 0.1) is 23.2 Å². The van der Waals surface area contributed by atoms with Gasteiger partial charge in [-0.25, -0.2) is 0 Å². The van der Waals surface area contributed by atoms with E-state index < -0.39 is 52.0 Å². The van der Waals surface area contributed by atoms with Gasteiger partial charge in [0.25, 0.3) is 0 Å². The molecule has 6 heteroatoms. The molecule has 5 aliphatic rings. The van der Waals surface area contributed by atoms with E-state index in [0.29, 0.717) is 25.7 Å². The van der Waals surface area contributed by atoms with Crippen LogP contribution in [0.25, 0.3) is 0 Å². The summed E-state index contributed by atoms with van der Waals surface area (Å²) >= 11 is 0. The van der Waals surface area contributed by atoms with Crippen LogP contribution in [0.1, 0.15) is 93.4 Å². The molecule has 0 aromatic rings. The minimum absolute atomic E-state index is 0.00890. The van der Waals surface area contributed by atoms with Gasteiger partial charge in [-0.15, -0.1) is 0 Å². The molecule has 12 atom stereocenters. The molecule has 204 valence electrons. The Hall–Kier alpha value is -0.950. The number of allylic oxidation sites excluding steroid dienone is 1.